The van der Waals surface area contributed by atoms with Gasteiger partial charge in [-0.15, -0.1) is 0 Å². The molecule has 0 radical (unpaired) electrons. The van der Waals surface area contributed by atoms with Crippen LogP contribution in [0.5, 0.6) is 0 Å². The van der Waals surface area contributed by atoms with Crippen LogP contribution < -0.4 is 5.73 Å². The van der Waals surface area contributed by atoms with E-state index in [1.54, 1.807) is 11.8 Å². The lowest BCUT2D eigenvalue weighted by Gasteiger charge is -2.38. The molecule has 2 rings (SSSR count). The number of nitrogens with two attached hydrogens (primary N) is 1. The number of rotatable bonds is 7. The van der Waals surface area contributed by atoms with E-state index >= 15 is 0 Å². The summed E-state index contributed by atoms with van der Waals surface area (Å²) < 4.78 is 31.5. The van der Waals surface area contributed by atoms with Gasteiger partial charge in [0.25, 0.3) is 0 Å². The molecule has 1 unspecified atom stereocenters. The van der Waals surface area contributed by atoms with Crippen molar-refractivity contribution in [2.24, 2.45) is 5.73 Å². The summed E-state index contributed by atoms with van der Waals surface area (Å²) in [5.74, 6) is -0.235. The fraction of sp³-hybridized carbons (Fsp3) is 0.611. The van der Waals surface area contributed by atoms with E-state index in [0.29, 0.717) is 13.1 Å². The van der Waals surface area contributed by atoms with Crippen molar-refractivity contribution >= 4 is 15.9 Å². The van der Waals surface area contributed by atoms with Crippen LogP contribution in [0.3, 0.4) is 0 Å². The Kier molecular flexibility index (Phi) is 6.79. The zero-order valence-electron chi connectivity index (χ0n) is 15.7. The number of amides is 1. The molecule has 1 aliphatic rings. The van der Waals surface area contributed by atoms with Crippen LogP contribution in [0.1, 0.15) is 26.3 Å². The Labute approximate surface area is 156 Å². The first-order chi connectivity index (χ1) is 12.1. The Morgan fingerprint density at radius 1 is 1.19 bits per heavy atom. The van der Waals surface area contributed by atoms with Crippen molar-refractivity contribution in [3.8, 4) is 0 Å². The van der Waals surface area contributed by atoms with Crippen LogP contribution in [-0.2, 0) is 25.1 Å². The minimum Gasteiger partial charge on any atom is -0.378 e. The molecule has 1 fully saturated rings. The summed E-state index contributed by atoms with van der Waals surface area (Å²) in [5.41, 5.74) is 5.90. The molecule has 1 amide bonds. The Morgan fingerprint density at radius 3 is 2.31 bits per heavy atom. The largest absolute Gasteiger partial charge is 0.378 e. The highest BCUT2D eigenvalue weighted by Crippen LogP contribution is 2.21. The van der Waals surface area contributed by atoms with Crippen molar-refractivity contribution in [1.82, 2.24) is 9.21 Å². The van der Waals surface area contributed by atoms with Gasteiger partial charge in [-0.05, 0) is 26.3 Å². The van der Waals surface area contributed by atoms with Crippen LogP contribution >= 0.6 is 0 Å². The fourth-order valence-electron chi connectivity index (χ4n) is 2.92. The van der Waals surface area contributed by atoms with E-state index in [0.717, 1.165) is 5.56 Å². The topological polar surface area (TPSA) is 92.9 Å². The minimum atomic E-state index is -3.38. The Balaban J connectivity index is 1.94. The number of ether oxygens (including phenoxy) is 1. The second kappa shape index (κ2) is 8.47. The van der Waals surface area contributed by atoms with Crippen LogP contribution in [0.15, 0.2) is 30.3 Å². The molecular formula is C18H29N3O4S. The van der Waals surface area contributed by atoms with E-state index in [2.05, 4.69) is 0 Å². The molecule has 0 saturated carbocycles. The standard InChI is InChI=1S/C18H29N3O4S/c1-15(2)25-13-14-26(23,24)21-11-9-20(10-12-21)17(22)18(3,19)16-7-5-4-6-8-16/h4-8,15H,9-14,19H2,1-3H3. The summed E-state index contributed by atoms with van der Waals surface area (Å²) in [6.45, 7) is 6.83. The molecule has 0 aromatic heterocycles. The number of sulfonamides is 1. The van der Waals surface area contributed by atoms with E-state index in [9.17, 15) is 13.2 Å². The second-order valence-electron chi connectivity index (χ2n) is 7.00. The van der Waals surface area contributed by atoms with Gasteiger partial charge in [0, 0.05) is 26.2 Å². The number of carbonyl (C=O) groups is 1. The number of piperazine rings is 1. The van der Waals surface area contributed by atoms with Crippen LogP contribution in [0.4, 0.5) is 0 Å². The predicted molar refractivity (Wildman–Crippen MR) is 101 cm³/mol. The van der Waals surface area contributed by atoms with Gasteiger partial charge < -0.3 is 15.4 Å². The highest BCUT2D eigenvalue weighted by molar-refractivity contribution is 7.89. The van der Waals surface area contributed by atoms with Crippen molar-refractivity contribution in [3.05, 3.63) is 35.9 Å². The van der Waals surface area contributed by atoms with Gasteiger partial charge in [0.15, 0.2) is 0 Å². The first-order valence-corrected chi connectivity index (χ1v) is 10.5. The maximum Gasteiger partial charge on any atom is 0.247 e. The zero-order chi connectivity index (χ0) is 19.4. The lowest BCUT2D eigenvalue weighted by molar-refractivity contribution is -0.138. The van der Waals surface area contributed by atoms with Crippen molar-refractivity contribution in [3.63, 3.8) is 0 Å². The molecule has 0 bridgehead atoms. The third-order valence-electron chi connectivity index (χ3n) is 4.53. The van der Waals surface area contributed by atoms with Crippen molar-refractivity contribution in [2.45, 2.75) is 32.4 Å². The van der Waals surface area contributed by atoms with E-state index in [1.807, 2.05) is 44.2 Å². The molecule has 1 aromatic rings. The number of hydrogen-bond acceptors (Lipinski definition) is 5. The number of carbonyl (C=O) groups excluding carboxylic acids is 1. The lowest BCUT2D eigenvalue weighted by Crippen LogP contribution is -2.57. The SMILES string of the molecule is CC(C)OCCS(=O)(=O)N1CCN(C(=O)C(C)(N)c2ccccc2)CC1. The normalized spacial score (nSPS) is 18.7. The Morgan fingerprint density at radius 2 is 1.77 bits per heavy atom. The van der Waals surface area contributed by atoms with E-state index in [1.165, 1.54) is 4.31 Å². The molecule has 0 aliphatic carbocycles. The summed E-state index contributed by atoms with van der Waals surface area (Å²) in [6.07, 6.45) is -0.000105. The monoisotopic (exact) mass is 383 g/mol. The summed E-state index contributed by atoms with van der Waals surface area (Å²) in [5, 5.41) is 0. The quantitative estimate of drug-likeness (QED) is 0.750. The molecule has 1 saturated heterocycles. The first kappa shape index (κ1) is 20.8. The molecule has 8 heteroatoms. The number of benzene rings is 1. The summed E-state index contributed by atoms with van der Waals surface area (Å²) >= 11 is 0. The van der Waals surface area contributed by atoms with Gasteiger partial charge in [-0.2, -0.15) is 4.31 Å². The summed E-state index contributed by atoms with van der Waals surface area (Å²) in [6, 6.07) is 9.21. The van der Waals surface area contributed by atoms with E-state index < -0.39 is 15.6 Å². The van der Waals surface area contributed by atoms with Crippen LogP contribution in [-0.4, -0.2) is 68.2 Å². The second-order valence-corrected chi connectivity index (χ2v) is 9.08. The summed E-state index contributed by atoms with van der Waals surface area (Å²) in [7, 11) is -3.38. The van der Waals surface area contributed by atoms with E-state index in [-0.39, 0.29) is 37.5 Å². The lowest BCUT2D eigenvalue weighted by atomic mass is 9.91. The van der Waals surface area contributed by atoms with Gasteiger partial charge in [-0.3, -0.25) is 4.79 Å². The molecule has 2 N–H and O–H groups in total. The molecule has 146 valence electrons. The van der Waals surface area contributed by atoms with Crippen molar-refractivity contribution in [1.29, 1.82) is 0 Å². The highest BCUT2D eigenvalue weighted by atomic mass is 32.2. The maximum atomic E-state index is 12.8. The summed E-state index contributed by atoms with van der Waals surface area (Å²) in [4.78, 5) is 14.5. The van der Waals surface area contributed by atoms with Crippen molar-refractivity contribution < 1.29 is 17.9 Å². The smallest absolute Gasteiger partial charge is 0.247 e. The molecule has 1 heterocycles. The Bertz CT molecular complexity index is 696. The van der Waals surface area contributed by atoms with Crippen LogP contribution in [0.2, 0.25) is 0 Å². The highest BCUT2D eigenvalue weighted by Gasteiger charge is 2.37. The first-order valence-electron chi connectivity index (χ1n) is 8.88. The molecule has 7 nitrogen and oxygen atoms in total. The third-order valence-corrected chi connectivity index (χ3v) is 6.36. The van der Waals surface area contributed by atoms with Gasteiger partial charge in [0.1, 0.15) is 5.54 Å². The molecule has 1 aromatic carbocycles. The van der Waals surface area contributed by atoms with Gasteiger partial charge in [-0.1, -0.05) is 30.3 Å². The van der Waals surface area contributed by atoms with Crippen LogP contribution in [0, 0.1) is 0 Å². The fourth-order valence-corrected chi connectivity index (χ4v) is 4.21. The average Bonchev–Trinajstić information content (AvgIpc) is 2.61. The van der Waals surface area contributed by atoms with Gasteiger partial charge in [0.2, 0.25) is 15.9 Å². The maximum absolute atomic E-state index is 12.8. The molecule has 1 atom stereocenters. The van der Waals surface area contributed by atoms with E-state index in [4.69, 9.17) is 10.5 Å². The Hall–Kier alpha value is -1.48. The molecule has 1 aliphatic heterocycles. The predicted octanol–water partition coefficient (Wildman–Crippen LogP) is 0.760. The molecular weight excluding hydrogens is 354 g/mol. The van der Waals surface area contributed by atoms with Gasteiger partial charge in [-0.25, -0.2) is 8.42 Å². The minimum absolute atomic E-state index is 0.000105. The van der Waals surface area contributed by atoms with Gasteiger partial charge >= 0.3 is 0 Å². The third kappa shape index (κ3) is 5.03. The van der Waals surface area contributed by atoms with Gasteiger partial charge in [0.05, 0.1) is 18.5 Å². The average molecular weight is 384 g/mol. The molecule has 26 heavy (non-hydrogen) atoms. The van der Waals surface area contributed by atoms with Crippen molar-refractivity contribution in [2.75, 3.05) is 38.5 Å². The molecule has 0 spiro atoms. The van der Waals surface area contributed by atoms with Crippen LogP contribution in [0.25, 0.3) is 0 Å². The number of hydrogen-bond donors (Lipinski definition) is 1. The number of nitrogens with zero attached hydrogens (tertiary/aromatic N) is 2. The zero-order valence-corrected chi connectivity index (χ0v) is 16.5.